The topological polar surface area (TPSA) is 37.8 Å². The average molecular weight is 221 g/mol. The van der Waals surface area contributed by atoms with Gasteiger partial charge in [-0.15, -0.1) is 10.2 Å². The van der Waals surface area contributed by atoms with E-state index in [0.717, 1.165) is 37.3 Å². The van der Waals surface area contributed by atoms with Crippen LogP contribution in [-0.2, 0) is 6.42 Å². The van der Waals surface area contributed by atoms with Crippen LogP contribution in [0.3, 0.4) is 0 Å². The number of nitrogens with zero attached hydrogens (tertiary/aromatic N) is 2. The van der Waals surface area contributed by atoms with Gasteiger partial charge in [-0.1, -0.05) is 18.3 Å². The summed E-state index contributed by atoms with van der Waals surface area (Å²) in [4.78, 5) is 0. The molecule has 0 aliphatic carbocycles. The standard InChI is InChI=1S/C8H13F2N3S/c1-2-11-5-3-4-6-12-13-8(14-6)7(9)10/h7,11H,2-5H2,1H3. The van der Waals surface area contributed by atoms with E-state index in [1.54, 1.807) is 0 Å². The molecule has 0 fully saturated rings. The number of nitrogens with one attached hydrogen (secondary N) is 1. The molecule has 0 saturated heterocycles. The highest BCUT2D eigenvalue weighted by Gasteiger charge is 2.13. The lowest BCUT2D eigenvalue weighted by molar-refractivity contribution is 0.150. The summed E-state index contributed by atoms with van der Waals surface area (Å²) >= 11 is 0.999. The average Bonchev–Trinajstić information content (AvgIpc) is 2.61. The molecule has 1 heterocycles. The molecular formula is C8H13F2N3S. The predicted molar refractivity (Wildman–Crippen MR) is 51.7 cm³/mol. The first kappa shape index (κ1) is 11.5. The first-order valence-corrected chi connectivity index (χ1v) is 5.36. The fourth-order valence-electron chi connectivity index (χ4n) is 0.997. The van der Waals surface area contributed by atoms with E-state index < -0.39 is 6.43 Å². The van der Waals surface area contributed by atoms with Gasteiger partial charge in [-0.25, -0.2) is 8.78 Å². The molecule has 0 radical (unpaired) electrons. The van der Waals surface area contributed by atoms with Crippen LogP contribution in [0.4, 0.5) is 8.78 Å². The van der Waals surface area contributed by atoms with E-state index >= 15 is 0 Å². The molecular weight excluding hydrogens is 208 g/mol. The fraction of sp³-hybridized carbons (Fsp3) is 0.750. The monoisotopic (exact) mass is 221 g/mol. The third-order valence-corrected chi connectivity index (χ3v) is 2.65. The molecule has 0 atom stereocenters. The Morgan fingerprint density at radius 3 is 2.79 bits per heavy atom. The molecule has 0 aliphatic heterocycles. The molecule has 14 heavy (non-hydrogen) atoms. The minimum Gasteiger partial charge on any atom is -0.317 e. The number of halogens is 2. The molecule has 0 amide bonds. The Hall–Kier alpha value is -0.620. The first-order chi connectivity index (χ1) is 6.74. The van der Waals surface area contributed by atoms with Gasteiger partial charge in [0.15, 0.2) is 5.01 Å². The van der Waals surface area contributed by atoms with Crippen LogP contribution in [0, 0.1) is 0 Å². The highest BCUT2D eigenvalue weighted by atomic mass is 32.1. The van der Waals surface area contributed by atoms with Crippen molar-refractivity contribution in [3.05, 3.63) is 10.0 Å². The molecule has 1 aromatic rings. The van der Waals surface area contributed by atoms with Crippen molar-refractivity contribution in [1.82, 2.24) is 15.5 Å². The molecule has 0 saturated carbocycles. The Bertz CT molecular complexity index is 265. The second-order valence-corrected chi connectivity index (χ2v) is 3.89. The number of alkyl halides is 2. The van der Waals surface area contributed by atoms with Gasteiger partial charge >= 0.3 is 0 Å². The largest absolute Gasteiger partial charge is 0.317 e. The van der Waals surface area contributed by atoms with Gasteiger partial charge in [0, 0.05) is 6.42 Å². The summed E-state index contributed by atoms with van der Waals surface area (Å²) < 4.78 is 24.2. The van der Waals surface area contributed by atoms with Gasteiger partial charge < -0.3 is 5.32 Å². The number of hydrogen-bond donors (Lipinski definition) is 1. The fourth-order valence-corrected chi connectivity index (χ4v) is 1.74. The van der Waals surface area contributed by atoms with Gasteiger partial charge in [-0.05, 0) is 19.5 Å². The third kappa shape index (κ3) is 3.63. The maximum Gasteiger partial charge on any atom is 0.291 e. The van der Waals surface area contributed by atoms with Crippen LogP contribution in [0.2, 0.25) is 0 Å². The van der Waals surface area contributed by atoms with Crippen LogP contribution in [0.25, 0.3) is 0 Å². The Morgan fingerprint density at radius 2 is 2.21 bits per heavy atom. The maximum absolute atomic E-state index is 12.1. The molecule has 0 aromatic carbocycles. The molecule has 1 aromatic heterocycles. The molecule has 6 heteroatoms. The van der Waals surface area contributed by atoms with Crippen LogP contribution in [0.1, 0.15) is 29.8 Å². The van der Waals surface area contributed by atoms with Crippen LogP contribution in [0.5, 0.6) is 0 Å². The summed E-state index contributed by atoms with van der Waals surface area (Å²) in [6.07, 6.45) is -0.863. The smallest absolute Gasteiger partial charge is 0.291 e. The molecule has 3 nitrogen and oxygen atoms in total. The lowest BCUT2D eigenvalue weighted by atomic mass is 10.3. The zero-order chi connectivity index (χ0) is 10.4. The number of rotatable bonds is 6. The first-order valence-electron chi connectivity index (χ1n) is 4.55. The summed E-state index contributed by atoms with van der Waals surface area (Å²) in [6, 6.07) is 0. The van der Waals surface area contributed by atoms with Crippen molar-refractivity contribution in [2.45, 2.75) is 26.2 Å². The van der Waals surface area contributed by atoms with Gasteiger partial charge in [0.1, 0.15) is 5.01 Å². The summed E-state index contributed by atoms with van der Waals surface area (Å²) in [5.74, 6) is 0. The van der Waals surface area contributed by atoms with E-state index in [2.05, 4.69) is 15.5 Å². The lowest BCUT2D eigenvalue weighted by Crippen LogP contribution is -2.14. The Morgan fingerprint density at radius 1 is 1.43 bits per heavy atom. The van der Waals surface area contributed by atoms with Gasteiger partial charge in [0.2, 0.25) is 0 Å². The van der Waals surface area contributed by atoms with Crippen molar-refractivity contribution in [3.63, 3.8) is 0 Å². The molecule has 0 spiro atoms. The van der Waals surface area contributed by atoms with Gasteiger partial charge in [0.05, 0.1) is 0 Å². The SMILES string of the molecule is CCNCCCc1nnc(C(F)F)s1. The molecule has 0 bridgehead atoms. The van der Waals surface area contributed by atoms with E-state index in [-0.39, 0.29) is 5.01 Å². The van der Waals surface area contributed by atoms with Crippen molar-refractivity contribution in [3.8, 4) is 0 Å². The molecule has 0 unspecified atom stereocenters. The van der Waals surface area contributed by atoms with E-state index in [1.165, 1.54) is 0 Å². The van der Waals surface area contributed by atoms with Crippen molar-refractivity contribution in [2.24, 2.45) is 0 Å². The number of aryl methyl sites for hydroxylation is 1. The molecule has 0 aliphatic rings. The Labute approximate surface area is 85.6 Å². The zero-order valence-electron chi connectivity index (χ0n) is 7.96. The summed E-state index contributed by atoms with van der Waals surface area (Å²) in [5, 5.41) is 10.8. The Balaban J connectivity index is 2.29. The minimum absolute atomic E-state index is 0.177. The predicted octanol–water partition coefficient (Wildman–Crippen LogP) is 2.02. The number of hydrogen-bond acceptors (Lipinski definition) is 4. The normalized spacial score (nSPS) is 11.1. The Kier molecular flexibility index (Phi) is 4.89. The van der Waals surface area contributed by atoms with E-state index in [9.17, 15) is 8.78 Å². The summed E-state index contributed by atoms with van der Waals surface area (Å²) in [5.41, 5.74) is 0. The molecule has 1 N–H and O–H groups in total. The summed E-state index contributed by atoms with van der Waals surface area (Å²) in [6.45, 7) is 3.85. The van der Waals surface area contributed by atoms with Crippen LogP contribution < -0.4 is 5.32 Å². The van der Waals surface area contributed by atoms with Crippen molar-refractivity contribution in [2.75, 3.05) is 13.1 Å². The van der Waals surface area contributed by atoms with Gasteiger partial charge in [0.25, 0.3) is 6.43 Å². The van der Waals surface area contributed by atoms with Crippen LogP contribution in [-0.4, -0.2) is 23.3 Å². The quantitative estimate of drug-likeness (QED) is 0.747. The van der Waals surface area contributed by atoms with E-state index in [4.69, 9.17) is 0 Å². The molecule has 1 rings (SSSR count). The minimum atomic E-state index is -2.49. The van der Waals surface area contributed by atoms with Crippen LogP contribution in [0.15, 0.2) is 0 Å². The summed E-state index contributed by atoms with van der Waals surface area (Å²) in [7, 11) is 0. The second-order valence-electron chi connectivity index (χ2n) is 2.79. The maximum atomic E-state index is 12.1. The van der Waals surface area contributed by atoms with Crippen LogP contribution >= 0.6 is 11.3 Å². The third-order valence-electron chi connectivity index (χ3n) is 1.66. The van der Waals surface area contributed by atoms with Gasteiger partial charge in [-0.3, -0.25) is 0 Å². The second kappa shape index (κ2) is 5.98. The van der Waals surface area contributed by atoms with E-state index in [0.29, 0.717) is 5.01 Å². The molecule has 80 valence electrons. The number of aromatic nitrogens is 2. The highest BCUT2D eigenvalue weighted by molar-refractivity contribution is 7.11. The van der Waals surface area contributed by atoms with Crippen molar-refractivity contribution >= 4 is 11.3 Å². The van der Waals surface area contributed by atoms with Crippen molar-refractivity contribution < 1.29 is 8.78 Å². The highest BCUT2D eigenvalue weighted by Crippen LogP contribution is 2.22. The zero-order valence-corrected chi connectivity index (χ0v) is 8.78. The lowest BCUT2D eigenvalue weighted by Gasteiger charge is -1.97. The van der Waals surface area contributed by atoms with Crippen molar-refractivity contribution in [1.29, 1.82) is 0 Å². The van der Waals surface area contributed by atoms with Gasteiger partial charge in [-0.2, -0.15) is 0 Å². The van der Waals surface area contributed by atoms with E-state index in [1.807, 2.05) is 6.92 Å².